The van der Waals surface area contributed by atoms with Crippen LogP contribution in [0, 0.1) is 23.1 Å². The number of likely N-dealkylation sites (tertiary alicyclic amines) is 2. The van der Waals surface area contributed by atoms with Crippen molar-refractivity contribution in [2.45, 2.75) is 57.3 Å². The Kier molecular flexibility index (Phi) is 8.47. The molecule has 0 radical (unpaired) electrons. The number of alkyl halides is 1. The molecule has 2 aliphatic heterocycles. The van der Waals surface area contributed by atoms with Crippen LogP contribution in [0.2, 0.25) is 0 Å². The first-order valence-electron chi connectivity index (χ1n) is 13.4. The summed E-state index contributed by atoms with van der Waals surface area (Å²) >= 11 is 0. The van der Waals surface area contributed by atoms with Crippen LogP contribution in [0.3, 0.4) is 0 Å². The normalized spacial score (nSPS) is 22.2. The highest BCUT2D eigenvalue weighted by Gasteiger charge is 2.50. The van der Waals surface area contributed by atoms with Gasteiger partial charge in [0.15, 0.2) is 0 Å². The molecule has 10 heteroatoms. The maximum Gasteiger partial charge on any atom is 0.329 e. The van der Waals surface area contributed by atoms with Crippen LogP contribution in [0.25, 0.3) is 11.1 Å². The third-order valence-corrected chi connectivity index (χ3v) is 7.75. The fraction of sp³-hybridized carbons (Fsp3) is 0.500. The number of carbonyl (C=O) groups is 2. The Balaban J connectivity index is 1.53. The summed E-state index contributed by atoms with van der Waals surface area (Å²) < 4.78 is 35.1. The van der Waals surface area contributed by atoms with Crippen LogP contribution >= 0.6 is 0 Å². The highest BCUT2D eigenvalue weighted by molar-refractivity contribution is 6.03. The summed E-state index contributed by atoms with van der Waals surface area (Å²) in [5, 5.41) is 29.7. The number of nitriles is 1. The highest BCUT2D eigenvalue weighted by Crippen LogP contribution is 2.36. The van der Waals surface area contributed by atoms with Crippen LogP contribution in [-0.4, -0.2) is 82.0 Å². The number of β-amino-alcohol motifs (C(OH)–C–C–N with tert-alkyl or cyclic N) is 1. The monoisotopic (exact) mass is 555 g/mol. The predicted octanol–water partition coefficient (Wildman–Crippen LogP) is 4.25. The Morgan fingerprint density at radius 3 is 2.55 bits per heavy atom. The molecule has 0 aliphatic carbocycles. The number of amides is 1. The summed E-state index contributed by atoms with van der Waals surface area (Å²) in [6.45, 7) is 6.57. The number of carboxylic acid groups (broad SMARTS) is 1. The maximum atomic E-state index is 15.1. The smallest absolute Gasteiger partial charge is 0.329 e. The van der Waals surface area contributed by atoms with Gasteiger partial charge in [-0.15, -0.1) is 0 Å². The Hall–Kier alpha value is -3.55. The van der Waals surface area contributed by atoms with Gasteiger partial charge in [-0.2, -0.15) is 5.26 Å². The van der Waals surface area contributed by atoms with Gasteiger partial charge in [0.2, 0.25) is 0 Å². The average molecular weight is 556 g/mol. The van der Waals surface area contributed by atoms with Gasteiger partial charge in [-0.1, -0.05) is 18.2 Å². The first kappa shape index (κ1) is 29.4. The molecular formula is C30H35F2N3O5. The first-order valence-corrected chi connectivity index (χ1v) is 13.4. The molecule has 2 saturated heterocycles. The molecule has 8 nitrogen and oxygen atoms in total. The van der Waals surface area contributed by atoms with Crippen LogP contribution in [0.1, 0.15) is 56.0 Å². The molecule has 4 rings (SSSR count). The lowest BCUT2D eigenvalue weighted by molar-refractivity contribution is -0.147. The van der Waals surface area contributed by atoms with E-state index < -0.39 is 35.0 Å². The van der Waals surface area contributed by atoms with Gasteiger partial charge in [-0.3, -0.25) is 4.79 Å². The Bertz CT molecular complexity index is 1310. The molecule has 2 N–H and O–H groups in total. The van der Waals surface area contributed by atoms with Crippen molar-refractivity contribution in [2.24, 2.45) is 5.92 Å². The number of carboxylic acids is 1. The molecule has 2 atom stereocenters. The van der Waals surface area contributed by atoms with Gasteiger partial charge >= 0.3 is 5.97 Å². The van der Waals surface area contributed by atoms with Crippen LogP contribution in [0.15, 0.2) is 36.4 Å². The number of benzene rings is 2. The molecular weight excluding hydrogens is 520 g/mol. The molecule has 0 aromatic heterocycles. The number of rotatable bonds is 8. The molecule has 1 amide bonds. The third kappa shape index (κ3) is 6.26. The van der Waals surface area contributed by atoms with Crippen molar-refractivity contribution in [3.8, 4) is 22.9 Å². The van der Waals surface area contributed by atoms with Crippen molar-refractivity contribution >= 4 is 11.9 Å². The van der Waals surface area contributed by atoms with E-state index in [1.54, 1.807) is 26.0 Å². The van der Waals surface area contributed by atoms with E-state index in [2.05, 4.69) is 11.0 Å². The zero-order valence-corrected chi connectivity index (χ0v) is 23.0. The van der Waals surface area contributed by atoms with E-state index in [0.717, 1.165) is 36.9 Å². The Labute approximate surface area is 232 Å². The molecule has 0 spiro atoms. The average Bonchev–Trinajstić information content (AvgIpc) is 3.22. The molecule has 2 aromatic rings. The van der Waals surface area contributed by atoms with Crippen LogP contribution in [0.5, 0.6) is 5.75 Å². The minimum atomic E-state index is -1.69. The lowest BCUT2D eigenvalue weighted by Gasteiger charge is -2.34. The summed E-state index contributed by atoms with van der Waals surface area (Å²) in [6.07, 6.45) is 0.482. The van der Waals surface area contributed by atoms with Crippen LogP contribution < -0.4 is 4.74 Å². The second kappa shape index (κ2) is 11.5. The number of carbonyl (C=O) groups excluding carboxylic acids is 1. The number of hydrogen-bond acceptors (Lipinski definition) is 6. The standard InChI is InChI=1S/C30H35F2N3O5/c1-29(2,32)18-34-11-9-19(10-12-34)17-40-25-8-7-20(13-21(25)15-33)23-5-4-6-24(31)26(23)27(37)35-16-22(36)14-30(35,3)28(38)39/h4-8,13,19,22,36H,9-12,14,16-18H2,1-3H3,(H,38,39). The molecule has 214 valence electrons. The number of aliphatic hydroxyl groups excluding tert-OH is 1. The van der Waals surface area contributed by atoms with E-state index in [9.17, 15) is 29.5 Å². The van der Waals surface area contributed by atoms with Gasteiger partial charge in [-0.05, 0) is 81.9 Å². The van der Waals surface area contributed by atoms with Crippen molar-refractivity contribution in [2.75, 3.05) is 32.8 Å². The van der Waals surface area contributed by atoms with Crippen molar-refractivity contribution < 1.29 is 33.3 Å². The second-order valence-corrected chi connectivity index (χ2v) is 11.6. The second-order valence-electron chi connectivity index (χ2n) is 11.6. The van der Waals surface area contributed by atoms with Gasteiger partial charge in [-0.25, -0.2) is 13.6 Å². The van der Waals surface area contributed by atoms with Crippen molar-refractivity contribution in [1.82, 2.24) is 9.80 Å². The number of aliphatic hydroxyl groups is 1. The van der Waals surface area contributed by atoms with E-state index in [-0.39, 0.29) is 35.6 Å². The van der Waals surface area contributed by atoms with Crippen molar-refractivity contribution in [3.05, 3.63) is 53.3 Å². The summed E-state index contributed by atoms with van der Waals surface area (Å²) in [4.78, 5) is 28.6. The summed E-state index contributed by atoms with van der Waals surface area (Å²) in [5.41, 5.74) is -2.46. The molecule has 2 aliphatic rings. The molecule has 2 aromatic carbocycles. The van der Waals surface area contributed by atoms with E-state index in [0.29, 0.717) is 24.5 Å². The van der Waals surface area contributed by atoms with Crippen molar-refractivity contribution in [3.63, 3.8) is 0 Å². The minimum Gasteiger partial charge on any atom is -0.492 e. The molecule has 0 bridgehead atoms. The Morgan fingerprint density at radius 1 is 1.23 bits per heavy atom. The molecule has 2 unspecified atom stereocenters. The fourth-order valence-corrected chi connectivity index (χ4v) is 5.63. The molecule has 2 heterocycles. The molecule has 0 saturated carbocycles. The highest BCUT2D eigenvalue weighted by atomic mass is 19.1. The first-order chi connectivity index (χ1) is 18.8. The lowest BCUT2D eigenvalue weighted by atomic mass is 9.94. The predicted molar refractivity (Wildman–Crippen MR) is 144 cm³/mol. The zero-order chi connectivity index (χ0) is 29.2. The summed E-state index contributed by atoms with van der Waals surface area (Å²) in [5.74, 6) is -2.35. The number of hydrogen-bond donors (Lipinski definition) is 2. The summed E-state index contributed by atoms with van der Waals surface area (Å²) in [6, 6.07) is 10.9. The van der Waals surface area contributed by atoms with Gasteiger partial charge in [0, 0.05) is 19.5 Å². The van der Waals surface area contributed by atoms with Gasteiger partial charge in [0.25, 0.3) is 5.91 Å². The Morgan fingerprint density at radius 2 is 1.93 bits per heavy atom. The van der Waals surface area contributed by atoms with Gasteiger partial charge in [0.1, 0.15) is 28.8 Å². The fourth-order valence-electron chi connectivity index (χ4n) is 5.63. The maximum absolute atomic E-state index is 15.1. The van der Waals surface area contributed by atoms with Gasteiger partial charge < -0.3 is 24.7 Å². The molecule has 40 heavy (non-hydrogen) atoms. The topological polar surface area (TPSA) is 114 Å². The summed E-state index contributed by atoms with van der Waals surface area (Å²) in [7, 11) is 0. The lowest BCUT2D eigenvalue weighted by Crippen LogP contribution is -2.51. The van der Waals surface area contributed by atoms with Crippen molar-refractivity contribution in [1.29, 1.82) is 5.26 Å². The quantitative estimate of drug-likeness (QED) is 0.501. The number of nitrogens with zero attached hydrogens (tertiary/aromatic N) is 3. The SMILES string of the molecule is CC(C)(F)CN1CCC(COc2ccc(-c3cccc(F)c3C(=O)N3CC(O)CC3(C)C(=O)O)cc2C#N)CC1. The number of ether oxygens (including phenoxy) is 1. The zero-order valence-electron chi connectivity index (χ0n) is 23.0. The van der Waals surface area contributed by atoms with E-state index in [1.807, 2.05) is 0 Å². The van der Waals surface area contributed by atoms with Gasteiger partial charge in [0.05, 0.1) is 23.8 Å². The number of piperidine rings is 1. The van der Waals surface area contributed by atoms with E-state index in [1.165, 1.54) is 25.1 Å². The van der Waals surface area contributed by atoms with E-state index in [4.69, 9.17) is 4.74 Å². The van der Waals surface area contributed by atoms with Crippen LogP contribution in [-0.2, 0) is 4.79 Å². The van der Waals surface area contributed by atoms with E-state index >= 15 is 4.39 Å². The largest absolute Gasteiger partial charge is 0.492 e. The third-order valence-electron chi connectivity index (χ3n) is 7.75. The number of aliphatic carboxylic acids is 1. The van der Waals surface area contributed by atoms with Crippen LogP contribution in [0.4, 0.5) is 8.78 Å². The number of halogens is 2. The minimum absolute atomic E-state index is 0.171. The molecule has 2 fully saturated rings.